The fraction of sp³-hybridized carbons (Fsp3) is 0.217. The van der Waals surface area contributed by atoms with E-state index < -0.39 is 0 Å². The average molecular weight is 391 g/mol. The maximum absolute atomic E-state index is 13.1. The molecule has 2 heterocycles. The Morgan fingerprint density at radius 3 is 2.38 bits per heavy atom. The zero-order chi connectivity index (χ0) is 20.1. The number of carbonyl (C=O) groups is 1. The highest BCUT2D eigenvalue weighted by molar-refractivity contribution is 5.97. The van der Waals surface area contributed by atoms with Gasteiger partial charge in [-0.3, -0.25) is 4.79 Å². The number of hydrogen-bond acceptors (Lipinski definition) is 4. The van der Waals surface area contributed by atoms with Gasteiger partial charge in [0.05, 0.1) is 5.56 Å². The number of piperazine rings is 1. The van der Waals surface area contributed by atoms with Gasteiger partial charge in [0.1, 0.15) is 24.0 Å². The smallest absolute Gasteiger partial charge is 0.257 e. The van der Waals surface area contributed by atoms with E-state index in [4.69, 9.17) is 4.74 Å². The normalized spacial score (nSPS) is 14.0. The van der Waals surface area contributed by atoms with Crippen LogP contribution in [0.3, 0.4) is 0 Å². The molecule has 1 aliphatic rings. The lowest BCUT2D eigenvalue weighted by Crippen LogP contribution is -2.49. The number of aromatic nitrogens is 1. The number of nitrogens with zero attached hydrogens (tertiary/aromatic N) is 3. The minimum Gasteiger partial charge on any atom is -0.488 e. The second-order valence-corrected chi connectivity index (χ2v) is 6.88. The van der Waals surface area contributed by atoms with E-state index in [1.165, 1.54) is 12.1 Å². The summed E-state index contributed by atoms with van der Waals surface area (Å²) < 4.78 is 18.9. The Morgan fingerprint density at radius 1 is 0.931 bits per heavy atom. The van der Waals surface area contributed by atoms with Gasteiger partial charge in [-0.2, -0.15) is 0 Å². The van der Waals surface area contributed by atoms with Crippen molar-refractivity contribution in [3.63, 3.8) is 0 Å². The summed E-state index contributed by atoms with van der Waals surface area (Å²) in [6.07, 6.45) is 1.78. The van der Waals surface area contributed by atoms with Crippen LogP contribution in [-0.4, -0.2) is 42.0 Å². The van der Waals surface area contributed by atoms with Crippen molar-refractivity contribution in [2.75, 3.05) is 31.1 Å². The van der Waals surface area contributed by atoms with E-state index in [-0.39, 0.29) is 18.3 Å². The summed E-state index contributed by atoms with van der Waals surface area (Å²) in [5.41, 5.74) is 1.39. The van der Waals surface area contributed by atoms with Gasteiger partial charge in [-0.1, -0.05) is 30.3 Å². The number of hydrogen-bond donors (Lipinski definition) is 0. The highest BCUT2D eigenvalue weighted by Gasteiger charge is 2.24. The molecule has 0 bridgehead atoms. The molecule has 0 N–H and O–H groups in total. The molecule has 0 radical (unpaired) electrons. The number of benzene rings is 2. The maximum Gasteiger partial charge on any atom is 0.257 e. The maximum atomic E-state index is 13.1. The molecule has 4 rings (SSSR count). The summed E-state index contributed by atoms with van der Waals surface area (Å²) in [4.78, 5) is 21.5. The summed E-state index contributed by atoms with van der Waals surface area (Å²) in [5.74, 6) is 1.14. The van der Waals surface area contributed by atoms with Crippen molar-refractivity contribution in [1.82, 2.24) is 9.88 Å². The van der Waals surface area contributed by atoms with Crippen LogP contribution in [0.15, 0.2) is 72.9 Å². The number of para-hydroxylation sites is 1. The molecule has 0 atom stereocenters. The highest BCUT2D eigenvalue weighted by atomic mass is 19.1. The van der Waals surface area contributed by atoms with Crippen molar-refractivity contribution in [2.45, 2.75) is 6.61 Å². The quantitative estimate of drug-likeness (QED) is 0.664. The fourth-order valence-corrected chi connectivity index (χ4v) is 3.36. The molecule has 1 aliphatic heterocycles. The Bertz CT molecular complexity index is 955. The molecule has 1 aromatic heterocycles. The number of rotatable bonds is 5. The van der Waals surface area contributed by atoms with Gasteiger partial charge < -0.3 is 14.5 Å². The summed E-state index contributed by atoms with van der Waals surface area (Å²) in [5, 5.41) is 0. The third-order valence-electron chi connectivity index (χ3n) is 4.97. The first-order valence-corrected chi connectivity index (χ1v) is 9.62. The van der Waals surface area contributed by atoms with Crippen LogP contribution >= 0.6 is 0 Å². The summed E-state index contributed by atoms with van der Waals surface area (Å²) in [6.45, 7) is 3.00. The number of anilines is 1. The molecule has 148 valence electrons. The topological polar surface area (TPSA) is 45.7 Å². The van der Waals surface area contributed by atoms with E-state index in [9.17, 15) is 9.18 Å². The zero-order valence-electron chi connectivity index (χ0n) is 16.0. The SMILES string of the molecule is O=C(c1ccccc1OCc1ccc(F)cc1)N1CCN(c2ccccn2)CC1. The summed E-state index contributed by atoms with van der Waals surface area (Å²) >= 11 is 0. The molecule has 29 heavy (non-hydrogen) atoms. The second kappa shape index (κ2) is 8.73. The number of carbonyl (C=O) groups excluding carboxylic acids is 1. The first-order valence-electron chi connectivity index (χ1n) is 9.62. The molecule has 1 amide bonds. The van der Waals surface area contributed by atoms with Gasteiger partial charge in [-0.25, -0.2) is 9.37 Å². The van der Waals surface area contributed by atoms with E-state index in [1.54, 1.807) is 30.5 Å². The molecular formula is C23H22FN3O2. The Morgan fingerprint density at radius 2 is 1.66 bits per heavy atom. The largest absolute Gasteiger partial charge is 0.488 e. The summed E-state index contributed by atoms with van der Waals surface area (Å²) in [6, 6.07) is 19.3. The molecule has 0 saturated carbocycles. The Hall–Kier alpha value is -3.41. The standard InChI is InChI=1S/C23H22FN3O2/c24-19-10-8-18(9-11-19)17-29-21-6-2-1-5-20(21)23(28)27-15-13-26(14-16-27)22-7-3-4-12-25-22/h1-12H,13-17H2. The van der Waals surface area contributed by atoms with Crippen molar-refractivity contribution in [2.24, 2.45) is 0 Å². The van der Waals surface area contributed by atoms with Crippen LogP contribution in [0.25, 0.3) is 0 Å². The second-order valence-electron chi connectivity index (χ2n) is 6.88. The Kier molecular flexibility index (Phi) is 5.70. The molecular weight excluding hydrogens is 369 g/mol. The fourth-order valence-electron chi connectivity index (χ4n) is 3.36. The number of pyridine rings is 1. The first-order chi connectivity index (χ1) is 14.2. The molecule has 3 aromatic rings. The van der Waals surface area contributed by atoms with Gasteiger partial charge in [-0.05, 0) is 42.0 Å². The molecule has 0 aliphatic carbocycles. The lowest BCUT2D eigenvalue weighted by atomic mass is 10.1. The van der Waals surface area contributed by atoms with Gasteiger partial charge in [-0.15, -0.1) is 0 Å². The van der Waals surface area contributed by atoms with Crippen molar-refractivity contribution in [3.8, 4) is 5.75 Å². The number of ether oxygens (including phenoxy) is 1. The van der Waals surface area contributed by atoms with Gasteiger partial charge in [0.2, 0.25) is 0 Å². The van der Waals surface area contributed by atoms with Gasteiger partial charge in [0.25, 0.3) is 5.91 Å². The van der Waals surface area contributed by atoms with E-state index in [0.717, 1.165) is 24.5 Å². The van der Waals surface area contributed by atoms with Crippen LogP contribution < -0.4 is 9.64 Å². The van der Waals surface area contributed by atoms with Gasteiger partial charge in [0.15, 0.2) is 0 Å². The van der Waals surface area contributed by atoms with Gasteiger partial charge in [0, 0.05) is 32.4 Å². The lowest BCUT2D eigenvalue weighted by molar-refractivity contribution is 0.0741. The van der Waals surface area contributed by atoms with Crippen molar-refractivity contribution in [1.29, 1.82) is 0 Å². The molecule has 6 heteroatoms. The Balaban J connectivity index is 1.41. The predicted octanol–water partition coefficient (Wildman–Crippen LogP) is 3.76. The monoisotopic (exact) mass is 391 g/mol. The lowest BCUT2D eigenvalue weighted by Gasteiger charge is -2.35. The zero-order valence-corrected chi connectivity index (χ0v) is 16.0. The summed E-state index contributed by atoms with van der Waals surface area (Å²) in [7, 11) is 0. The average Bonchev–Trinajstić information content (AvgIpc) is 2.79. The minimum absolute atomic E-state index is 0.0413. The molecule has 1 saturated heterocycles. The van der Waals surface area contributed by atoms with E-state index in [0.29, 0.717) is 24.4 Å². The van der Waals surface area contributed by atoms with Crippen LogP contribution in [0.2, 0.25) is 0 Å². The third kappa shape index (κ3) is 4.54. The number of amides is 1. The van der Waals surface area contributed by atoms with E-state index in [1.807, 2.05) is 35.2 Å². The molecule has 2 aromatic carbocycles. The number of halogens is 1. The highest BCUT2D eigenvalue weighted by Crippen LogP contribution is 2.23. The molecule has 0 spiro atoms. The van der Waals surface area contributed by atoms with Crippen LogP contribution in [0, 0.1) is 5.82 Å². The predicted molar refractivity (Wildman–Crippen MR) is 110 cm³/mol. The molecule has 1 fully saturated rings. The molecule has 0 unspecified atom stereocenters. The van der Waals surface area contributed by atoms with E-state index in [2.05, 4.69) is 9.88 Å². The van der Waals surface area contributed by atoms with Crippen molar-refractivity contribution in [3.05, 3.63) is 89.9 Å². The first kappa shape index (κ1) is 18.9. The van der Waals surface area contributed by atoms with Crippen LogP contribution in [0.1, 0.15) is 15.9 Å². The van der Waals surface area contributed by atoms with Crippen LogP contribution in [-0.2, 0) is 6.61 Å². The van der Waals surface area contributed by atoms with Crippen molar-refractivity contribution < 1.29 is 13.9 Å². The van der Waals surface area contributed by atoms with Crippen LogP contribution in [0.4, 0.5) is 10.2 Å². The third-order valence-corrected chi connectivity index (χ3v) is 4.97. The van der Waals surface area contributed by atoms with E-state index >= 15 is 0 Å². The van der Waals surface area contributed by atoms with Gasteiger partial charge >= 0.3 is 0 Å². The minimum atomic E-state index is -0.283. The Labute approximate surface area is 169 Å². The van der Waals surface area contributed by atoms with Crippen LogP contribution in [0.5, 0.6) is 5.75 Å². The van der Waals surface area contributed by atoms with Crippen molar-refractivity contribution >= 4 is 11.7 Å². The molecule has 5 nitrogen and oxygen atoms in total.